The van der Waals surface area contributed by atoms with Gasteiger partial charge in [0.1, 0.15) is 17.0 Å². The van der Waals surface area contributed by atoms with Gasteiger partial charge in [0.25, 0.3) is 0 Å². The molecule has 4 heterocycles. The van der Waals surface area contributed by atoms with Gasteiger partial charge in [0, 0.05) is 44.6 Å². The Balaban J connectivity index is -0.000000359. The monoisotopic (exact) mass is 1480 g/mol. The van der Waals surface area contributed by atoms with E-state index in [4.69, 9.17) is 19.7 Å². The number of azo groups is 1. The molecule has 0 aromatic carbocycles. The van der Waals surface area contributed by atoms with Crippen molar-refractivity contribution in [1.82, 2.24) is 15.1 Å². The number of methoxy groups -OCH3 is 1. The number of hydrogen-bond donors (Lipinski definition) is 3. The van der Waals surface area contributed by atoms with Crippen LogP contribution in [0.5, 0.6) is 0 Å². The lowest BCUT2D eigenvalue weighted by molar-refractivity contribution is -0.149. The Kier molecular flexibility index (Phi) is 47.4. The highest BCUT2D eigenvalue weighted by Crippen LogP contribution is 2.44. The van der Waals surface area contributed by atoms with E-state index in [1.165, 1.54) is 71.4 Å². The Labute approximate surface area is 645 Å². The predicted molar refractivity (Wildman–Crippen MR) is 445 cm³/mol. The van der Waals surface area contributed by atoms with Crippen molar-refractivity contribution in [2.45, 2.75) is 417 Å². The minimum absolute atomic E-state index is 0. The van der Waals surface area contributed by atoms with E-state index >= 15 is 0 Å². The lowest BCUT2D eigenvalue weighted by Gasteiger charge is -2.43. The van der Waals surface area contributed by atoms with Crippen LogP contribution in [0.25, 0.3) is 0 Å². The molecule has 3 N–H and O–H groups in total. The third-order valence-electron chi connectivity index (χ3n) is 21.9. The Bertz CT molecular complexity index is 2400. The van der Waals surface area contributed by atoms with E-state index in [1.54, 1.807) is 20.8 Å². The van der Waals surface area contributed by atoms with Crippen LogP contribution in [-0.2, 0) is 28.6 Å². The normalized spacial score (nSPS) is 18.3. The maximum atomic E-state index is 12.2. The van der Waals surface area contributed by atoms with Crippen molar-refractivity contribution >= 4 is 35.9 Å². The first-order chi connectivity index (χ1) is 45.6. The average molecular weight is 1480 g/mol. The zero-order valence-electron chi connectivity index (χ0n) is 75.8. The molecule has 16 nitrogen and oxygen atoms in total. The van der Waals surface area contributed by atoms with Crippen molar-refractivity contribution in [2.75, 3.05) is 40.0 Å². The molecule has 0 aromatic heterocycles. The zero-order chi connectivity index (χ0) is 82.4. The minimum atomic E-state index is -0.757. The van der Waals surface area contributed by atoms with Gasteiger partial charge >= 0.3 is 30.1 Å². The molecule has 4 aliphatic heterocycles. The third-order valence-corrected chi connectivity index (χ3v) is 21.9. The van der Waals surface area contributed by atoms with Gasteiger partial charge in [-0.25, -0.2) is 14.6 Å². The first-order valence-electron chi connectivity index (χ1n) is 39.7. The van der Waals surface area contributed by atoms with Crippen LogP contribution in [0.1, 0.15) is 394 Å². The van der Waals surface area contributed by atoms with Gasteiger partial charge in [0.05, 0.1) is 17.9 Å². The summed E-state index contributed by atoms with van der Waals surface area (Å²) < 4.78 is 15.4. The van der Waals surface area contributed by atoms with Gasteiger partial charge in [-0.15, -0.1) is 5.11 Å². The van der Waals surface area contributed by atoms with Crippen LogP contribution in [-0.4, -0.2) is 119 Å². The van der Waals surface area contributed by atoms with E-state index in [0.717, 1.165) is 82.4 Å². The molecular weight excluding hydrogens is 1300 g/mol. The maximum absolute atomic E-state index is 12.2. The summed E-state index contributed by atoms with van der Waals surface area (Å²) in [5.74, 6) is 1.00. The molecule has 0 aromatic rings. The summed E-state index contributed by atoms with van der Waals surface area (Å²) in [4.78, 5) is 63.0. The van der Waals surface area contributed by atoms with Crippen LogP contribution in [0.2, 0.25) is 0 Å². The number of nitrogens with zero attached hydrogens (tertiary/aromatic N) is 5. The molecule has 5 aliphatic rings. The van der Waals surface area contributed by atoms with E-state index < -0.39 is 28.6 Å². The number of piperidine rings is 3. The number of amides is 2. The zero-order valence-corrected chi connectivity index (χ0v) is 75.8. The predicted octanol–water partition coefficient (Wildman–Crippen LogP) is 25.9. The summed E-state index contributed by atoms with van der Waals surface area (Å²) in [6.45, 7) is 89.4. The number of esters is 1. The highest BCUT2D eigenvalue weighted by molar-refractivity contribution is 5.83. The fourth-order valence-corrected chi connectivity index (χ4v) is 10.5. The number of ether oxygens (including phenoxy) is 3. The molecule has 0 bridgehead atoms. The molecule has 1 saturated carbocycles. The van der Waals surface area contributed by atoms with E-state index in [0.29, 0.717) is 56.5 Å². The number of carbonyl (C=O) groups excluding carboxylic acids is 3. The quantitative estimate of drug-likeness (QED) is 0.168. The van der Waals surface area contributed by atoms with Crippen molar-refractivity contribution in [1.29, 1.82) is 0 Å². The number of rotatable bonds is 6. The van der Waals surface area contributed by atoms with Crippen molar-refractivity contribution in [3.8, 4) is 0 Å². The van der Waals surface area contributed by atoms with Crippen molar-refractivity contribution in [3.63, 3.8) is 0 Å². The number of aliphatic carboxylic acids is 2. The summed E-state index contributed by atoms with van der Waals surface area (Å²) in [6, 6.07) is 1.05. The van der Waals surface area contributed by atoms with Gasteiger partial charge in [-0.2, -0.15) is 5.11 Å². The summed E-state index contributed by atoms with van der Waals surface area (Å²) in [5, 5.41) is 28.2. The highest BCUT2D eigenvalue weighted by Gasteiger charge is 2.39. The Hall–Kier alpha value is -3.82. The number of carboxylic acid groups (broad SMARTS) is 2. The number of aliphatic imine (C=N–C) groups is 1. The van der Waals surface area contributed by atoms with Crippen LogP contribution in [0.4, 0.5) is 9.59 Å². The number of carboxylic acids is 2. The second-order valence-corrected chi connectivity index (χ2v) is 43.6. The first kappa shape index (κ1) is 109. The van der Waals surface area contributed by atoms with Crippen LogP contribution in [0.15, 0.2) is 15.2 Å². The van der Waals surface area contributed by atoms with Gasteiger partial charge in [-0.3, -0.25) is 14.4 Å². The molecule has 2 atom stereocenters. The van der Waals surface area contributed by atoms with Crippen LogP contribution < -0.4 is 5.32 Å². The second kappa shape index (κ2) is 45.4. The summed E-state index contributed by atoms with van der Waals surface area (Å²) in [5.41, 5.74) is 1.53. The number of hydrogen-bond acceptors (Lipinski definition) is 12. The van der Waals surface area contributed by atoms with Gasteiger partial charge < -0.3 is 39.5 Å². The molecule has 16 heteroatoms. The fraction of sp³-hybridized carbons (Fsp3) is 0.932. The summed E-state index contributed by atoms with van der Waals surface area (Å²) in [7, 11) is 1.40. The number of likely N-dealkylation sites (tertiary alicyclic amines) is 2. The van der Waals surface area contributed by atoms with Crippen molar-refractivity contribution in [3.05, 3.63) is 0 Å². The van der Waals surface area contributed by atoms with Gasteiger partial charge in [-0.1, -0.05) is 227 Å². The second-order valence-electron chi connectivity index (χ2n) is 43.6. The molecule has 5 rings (SSSR count). The first-order valence-corrected chi connectivity index (χ1v) is 39.7. The average Bonchev–Trinajstić information content (AvgIpc) is 0.845. The standard InChI is InChI=1S/2C14H27NO2.C11H21N3.C10H20O2.C10H20.C9H19N.C8H18.C6H12O2.C5H10O2.CH4/c1-13(2,3)11-7-9-15(10-8-11)12(16)17-14(4,5)6;1-13(2,3)11-9-7-8-10-15(11)12(16)17-14(4,5)6;1-10(2,3)11(4,5)7-6-9-12-8-13-14-9;1-9(2,3)10(4,5)7-6-8(11)12;1-10(2,3)9-7-5-4-6-8-9;1-9(2,3)8-6-4-5-7-10-8;1-7(2,3)8(4,5)6;1-6(2,3)5(7)8-4;1-5(2,3)4(6)7;/h2*11H,7-10H2,1-6H3;6-8H2,1-5H3;6-7H2,1-5H3,(H,11,12);9H,4-8H2,1-3H3;8,10H,4-7H2,1-3H3;1-6H3;1-4H3;1-3H3,(H,6,7);1H4. The van der Waals surface area contributed by atoms with Gasteiger partial charge in [0.15, 0.2) is 6.67 Å². The maximum Gasteiger partial charge on any atom is 0.410 e. The van der Waals surface area contributed by atoms with Crippen LogP contribution in [0.3, 0.4) is 0 Å². The van der Waals surface area contributed by atoms with E-state index in [-0.39, 0.29) is 53.7 Å². The van der Waals surface area contributed by atoms with E-state index in [2.05, 4.69) is 219 Å². The SMILES string of the molecule is C.CC(C)(C)C(=O)O.CC(C)(C)C(C)(C)C.CC(C)(C)C(C)(C)CCC(=O)O.CC(C)(C)C(C)(C)CCC1=NCN=N1.CC(C)(C)C1CCCCC1.CC(C)(C)C1CCCCN1.CC(C)(C)OC(=O)N1CCC(C(C)(C)C)CC1.CC(C)(C)OC(=O)N1CCCCC1C(C)(C)C.COC(=O)C(C)(C)C. The molecule has 2 unspecified atom stereocenters. The fourth-order valence-electron chi connectivity index (χ4n) is 10.5. The van der Waals surface area contributed by atoms with Gasteiger partial charge in [0.2, 0.25) is 0 Å². The molecule has 2 amide bonds. The molecule has 104 heavy (non-hydrogen) atoms. The van der Waals surface area contributed by atoms with Crippen LogP contribution >= 0.6 is 0 Å². The molecule has 3 saturated heterocycles. The van der Waals surface area contributed by atoms with E-state index in [9.17, 15) is 24.0 Å². The Morgan fingerprint density at radius 3 is 1.12 bits per heavy atom. The largest absolute Gasteiger partial charge is 0.481 e. The van der Waals surface area contributed by atoms with E-state index in [1.807, 2.05) is 72.1 Å². The molecule has 0 spiro atoms. The molecular formula is C88H178N6O10. The van der Waals surface area contributed by atoms with Crippen LogP contribution in [0, 0.1) is 76.8 Å². The minimum Gasteiger partial charge on any atom is -0.481 e. The topological polar surface area (TPSA) is 209 Å². The molecule has 1 aliphatic carbocycles. The lowest BCUT2D eigenvalue weighted by Crippen LogP contribution is -2.51. The summed E-state index contributed by atoms with van der Waals surface area (Å²) in [6.07, 6.45) is 19.8. The van der Waals surface area contributed by atoms with Crippen molar-refractivity contribution in [2.24, 2.45) is 92.0 Å². The van der Waals surface area contributed by atoms with Crippen molar-refractivity contribution < 1.29 is 48.4 Å². The van der Waals surface area contributed by atoms with Gasteiger partial charge in [-0.05, 0) is 226 Å². The number of carbonyl (C=O) groups is 5. The third kappa shape index (κ3) is 50.7. The number of amidine groups is 1. The highest BCUT2D eigenvalue weighted by atomic mass is 16.6. The molecule has 4 fully saturated rings. The molecule has 620 valence electrons. The lowest BCUT2D eigenvalue weighted by atomic mass is 9.67. The Morgan fingerprint density at radius 1 is 0.452 bits per heavy atom. The smallest absolute Gasteiger partial charge is 0.410 e. The molecule has 0 radical (unpaired) electrons. The Morgan fingerprint density at radius 2 is 0.846 bits per heavy atom. The summed E-state index contributed by atoms with van der Waals surface area (Å²) >= 11 is 0. The number of nitrogens with one attached hydrogen (secondary N) is 1.